The van der Waals surface area contributed by atoms with E-state index in [4.69, 9.17) is 14.6 Å². The summed E-state index contributed by atoms with van der Waals surface area (Å²) in [6.45, 7) is 1.96. The zero-order valence-electron chi connectivity index (χ0n) is 13.5. The lowest BCUT2D eigenvalue weighted by molar-refractivity contribution is -0.385. The first kappa shape index (κ1) is 19.6. The van der Waals surface area contributed by atoms with Crippen molar-refractivity contribution >= 4 is 17.6 Å². The second-order valence-corrected chi connectivity index (χ2v) is 5.02. The van der Waals surface area contributed by atoms with Gasteiger partial charge in [-0.3, -0.25) is 19.7 Å². The molecule has 0 saturated carbocycles. The van der Waals surface area contributed by atoms with Crippen LogP contribution in [-0.2, 0) is 20.7 Å². The highest BCUT2D eigenvalue weighted by Crippen LogP contribution is 2.29. The number of rotatable bonds is 10. The Morgan fingerprint density at radius 2 is 1.96 bits per heavy atom. The number of ether oxygens (including phenoxy) is 2. The van der Waals surface area contributed by atoms with Gasteiger partial charge in [-0.25, -0.2) is 0 Å². The molecule has 1 aromatic rings. The molecule has 0 atom stereocenters. The maximum Gasteiger partial charge on any atom is 0.311 e. The van der Waals surface area contributed by atoms with E-state index in [-0.39, 0.29) is 43.5 Å². The van der Waals surface area contributed by atoms with Crippen LogP contribution in [0.15, 0.2) is 18.2 Å². The Morgan fingerprint density at radius 3 is 2.58 bits per heavy atom. The highest BCUT2D eigenvalue weighted by Gasteiger charge is 2.19. The van der Waals surface area contributed by atoms with Crippen molar-refractivity contribution in [1.29, 1.82) is 0 Å². The summed E-state index contributed by atoms with van der Waals surface area (Å²) in [6.07, 6.45) is 1.39. The monoisotopic (exact) mass is 339 g/mol. The fraction of sp³-hybridized carbons (Fsp3) is 0.500. The van der Waals surface area contributed by atoms with E-state index in [1.54, 1.807) is 13.0 Å². The lowest BCUT2D eigenvalue weighted by Gasteiger charge is -2.07. The van der Waals surface area contributed by atoms with Crippen LogP contribution in [0, 0.1) is 10.1 Å². The van der Waals surface area contributed by atoms with Crippen LogP contribution in [0.4, 0.5) is 5.69 Å². The average Bonchev–Trinajstić information content (AvgIpc) is 2.54. The number of esters is 2. The smallest absolute Gasteiger partial charge is 0.311 e. The lowest BCUT2D eigenvalue weighted by atomic mass is 10.1. The van der Waals surface area contributed by atoms with Crippen LogP contribution in [0.5, 0.6) is 5.75 Å². The van der Waals surface area contributed by atoms with Gasteiger partial charge in [-0.2, -0.15) is 0 Å². The highest BCUT2D eigenvalue weighted by atomic mass is 16.6. The number of aryl methyl sites for hydroxylation is 1. The summed E-state index contributed by atoms with van der Waals surface area (Å²) in [6, 6.07) is 4.21. The first-order valence-electron chi connectivity index (χ1n) is 7.72. The summed E-state index contributed by atoms with van der Waals surface area (Å²) in [4.78, 5) is 33.5. The van der Waals surface area contributed by atoms with E-state index >= 15 is 0 Å². The quantitative estimate of drug-likeness (QED) is 0.228. The molecule has 0 bridgehead atoms. The molecule has 0 unspecified atom stereocenters. The Bertz CT molecular complexity index is 586. The van der Waals surface area contributed by atoms with Crippen LogP contribution in [0.25, 0.3) is 0 Å². The number of aliphatic hydroxyl groups excluding tert-OH is 1. The average molecular weight is 339 g/mol. The van der Waals surface area contributed by atoms with E-state index in [9.17, 15) is 19.7 Å². The molecular formula is C16H21NO7. The first-order valence-corrected chi connectivity index (χ1v) is 7.72. The second kappa shape index (κ2) is 10.3. The number of carbonyl (C=O) groups excluding carboxylic acids is 2. The molecule has 0 radical (unpaired) electrons. The zero-order valence-corrected chi connectivity index (χ0v) is 13.5. The zero-order chi connectivity index (χ0) is 17.9. The standard InChI is InChI=1S/C16H21NO7/c1-2-23-15(19)9-7-12-6-8-14(13(11-12)17(21)22)24-16(20)5-3-4-10-18/h6,8,11,18H,2-5,7,9-10H2,1H3. The van der Waals surface area contributed by atoms with Crippen molar-refractivity contribution in [3.05, 3.63) is 33.9 Å². The maximum atomic E-state index is 11.6. The van der Waals surface area contributed by atoms with Gasteiger partial charge in [0.15, 0.2) is 0 Å². The molecule has 0 aliphatic heterocycles. The fourth-order valence-electron chi connectivity index (χ4n) is 1.98. The number of benzene rings is 1. The summed E-state index contributed by atoms with van der Waals surface area (Å²) in [5.41, 5.74) is 0.252. The minimum atomic E-state index is -0.635. The number of hydrogen-bond donors (Lipinski definition) is 1. The Hall–Kier alpha value is -2.48. The molecule has 0 saturated heterocycles. The molecular weight excluding hydrogens is 318 g/mol. The molecule has 132 valence electrons. The molecule has 1 N–H and O–H groups in total. The Balaban J connectivity index is 2.74. The summed E-state index contributed by atoms with van der Waals surface area (Å²) < 4.78 is 9.82. The largest absolute Gasteiger partial charge is 0.466 e. The number of nitro groups is 1. The van der Waals surface area contributed by atoms with Crippen molar-refractivity contribution in [2.75, 3.05) is 13.2 Å². The van der Waals surface area contributed by atoms with Gasteiger partial charge in [0.25, 0.3) is 0 Å². The van der Waals surface area contributed by atoms with Crippen LogP contribution in [0.1, 0.15) is 38.2 Å². The van der Waals surface area contributed by atoms with Gasteiger partial charge in [0, 0.05) is 25.5 Å². The van der Waals surface area contributed by atoms with E-state index in [0.717, 1.165) is 0 Å². The minimum Gasteiger partial charge on any atom is -0.466 e. The second-order valence-electron chi connectivity index (χ2n) is 5.02. The van der Waals surface area contributed by atoms with Gasteiger partial charge < -0.3 is 14.6 Å². The summed E-state index contributed by atoms with van der Waals surface area (Å²) in [7, 11) is 0. The highest BCUT2D eigenvalue weighted by molar-refractivity contribution is 5.74. The van der Waals surface area contributed by atoms with Gasteiger partial charge >= 0.3 is 17.6 Å². The van der Waals surface area contributed by atoms with Crippen LogP contribution in [0.2, 0.25) is 0 Å². The molecule has 8 heteroatoms. The summed E-state index contributed by atoms with van der Waals surface area (Å²) in [5, 5.41) is 19.8. The van der Waals surface area contributed by atoms with E-state index in [0.29, 0.717) is 24.8 Å². The van der Waals surface area contributed by atoms with Crippen LogP contribution in [0.3, 0.4) is 0 Å². The maximum absolute atomic E-state index is 11.6. The third kappa shape index (κ3) is 6.74. The Kier molecular flexibility index (Phi) is 8.42. The molecule has 0 spiro atoms. The number of nitrogens with zero attached hydrogens (tertiary/aromatic N) is 1. The number of carbonyl (C=O) groups is 2. The fourth-order valence-corrected chi connectivity index (χ4v) is 1.98. The van der Waals surface area contributed by atoms with Crippen molar-refractivity contribution in [1.82, 2.24) is 0 Å². The number of unbranched alkanes of at least 4 members (excludes halogenated alkanes) is 1. The number of hydrogen-bond acceptors (Lipinski definition) is 7. The van der Waals surface area contributed by atoms with Crippen molar-refractivity contribution < 1.29 is 29.1 Å². The van der Waals surface area contributed by atoms with Crippen molar-refractivity contribution in [2.24, 2.45) is 0 Å². The van der Waals surface area contributed by atoms with Crippen LogP contribution in [-0.4, -0.2) is 35.2 Å². The normalized spacial score (nSPS) is 10.2. The summed E-state index contributed by atoms with van der Waals surface area (Å²) >= 11 is 0. The SMILES string of the molecule is CCOC(=O)CCc1ccc(OC(=O)CCCCO)c([N+](=O)[O-])c1. The van der Waals surface area contributed by atoms with Gasteiger partial charge in [-0.15, -0.1) is 0 Å². The Morgan fingerprint density at radius 1 is 1.21 bits per heavy atom. The molecule has 24 heavy (non-hydrogen) atoms. The molecule has 8 nitrogen and oxygen atoms in total. The third-order valence-corrected chi connectivity index (χ3v) is 3.16. The molecule has 0 heterocycles. The number of aliphatic hydroxyl groups is 1. The van der Waals surface area contributed by atoms with Gasteiger partial charge in [-0.05, 0) is 37.8 Å². The minimum absolute atomic E-state index is 0.0252. The summed E-state index contributed by atoms with van der Waals surface area (Å²) in [5.74, 6) is -1.10. The predicted molar refractivity (Wildman–Crippen MR) is 84.6 cm³/mol. The molecule has 1 aromatic carbocycles. The predicted octanol–water partition coefficient (Wildman–Crippen LogP) is 2.16. The van der Waals surface area contributed by atoms with Gasteiger partial charge in [-0.1, -0.05) is 6.07 Å². The molecule has 0 aliphatic rings. The molecule has 0 aromatic heterocycles. The van der Waals surface area contributed by atoms with E-state index in [1.165, 1.54) is 12.1 Å². The molecule has 0 aliphatic carbocycles. The van der Waals surface area contributed by atoms with Crippen molar-refractivity contribution in [2.45, 2.75) is 39.0 Å². The van der Waals surface area contributed by atoms with Gasteiger partial charge in [0.1, 0.15) is 0 Å². The lowest BCUT2D eigenvalue weighted by Crippen LogP contribution is -2.10. The van der Waals surface area contributed by atoms with Crippen LogP contribution < -0.4 is 4.74 Å². The van der Waals surface area contributed by atoms with E-state index in [1.807, 2.05) is 0 Å². The van der Waals surface area contributed by atoms with E-state index < -0.39 is 10.9 Å². The topological polar surface area (TPSA) is 116 Å². The van der Waals surface area contributed by atoms with Gasteiger partial charge in [0.05, 0.1) is 11.5 Å². The number of nitro benzene ring substituents is 1. The Labute approximate surface area is 139 Å². The first-order chi connectivity index (χ1) is 11.5. The van der Waals surface area contributed by atoms with Crippen molar-refractivity contribution in [3.63, 3.8) is 0 Å². The van der Waals surface area contributed by atoms with Crippen molar-refractivity contribution in [3.8, 4) is 5.75 Å². The van der Waals surface area contributed by atoms with Gasteiger partial charge in [0.2, 0.25) is 5.75 Å². The third-order valence-electron chi connectivity index (χ3n) is 3.16. The van der Waals surface area contributed by atoms with E-state index in [2.05, 4.69) is 0 Å². The molecule has 0 amide bonds. The van der Waals surface area contributed by atoms with Crippen LogP contribution >= 0.6 is 0 Å². The molecule has 1 rings (SSSR count). The molecule has 0 fully saturated rings.